The lowest BCUT2D eigenvalue weighted by Crippen LogP contribution is -2.53. The second-order valence-electron chi connectivity index (χ2n) is 10.6. The molecule has 0 bridgehead atoms. The van der Waals surface area contributed by atoms with Gasteiger partial charge in [-0.15, -0.1) is 0 Å². The average molecular weight is 594 g/mol. The molecule has 5 rings (SSSR count). The second-order valence-corrected chi connectivity index (χ2v) is 10.6. The van der Waals surface area contributed by atoms with Gasteiger partial charge in [0.1, 0.15) is 17.3 Å². The largest absolute Gasteiger partial charge is 0.433 e. The molecular weight excluding hydrogens is 565 g/mol. The predicted molar refractivity (Wildman–Crippen MR) is 151 cm³/mol. The number of nitrogens with zero attached hydrogens (tertiary/aromatic N) is 2. The lowest BCUT2D eigenvalue weighted by Gasteiger charge is -2.41. The zero-order chi connectivity index (χ0) is 30.8. The molecule has 10 heteroatoms. The van der Waals surface area contributed by atoms with Crippen molar-refractivity contribution in [3.8, 4) is 11.1 Å². The fourth-order valence-corrected chi connectivity index (χ4v) is 5.38. The fraction of sp³-hybridized carbons (Fsp3) is 0.242. The molecule has 4 aromatic rings. The Morgan fingerprint density at radius 1 is 0.814 bits per heavy atom. The Labute approximate surface area is 245 Å². The molecule has 0 spiro atoms. The summed E-state index contributed by atoms with van der Waals surface area (Å²) in [6.07, 6.45) is -3.24. The lowest BCUT2D eigenvalue weighted by atomic mass is 9.72. The predicted octanol–water partition coefficient (Wildman–Crippen LogP) is 7.10. The third kappa shape index (κ3) is 6.43. The van der Waals surface area contributed by atoms with Crippen molar-refractivity contribution in [1.82, 2.24) is 15.2 Å². The van der Waals surface area contributed by atoms with E-state index in [1.807, 2.05) is 0 Å². The number of hydrogen-bond donors (Lipinski definition) is 1. The number of benzene rings is 3. The molecule has 1 atom stereocenters. The van der Waals surface area contributed by atoms with Crippen LogP contribution in [0.2, 0.25) is 0 Å². The number of carbonyl (C=O) groups is 2. The fourth-order valence-electron chi connectivity index (χ4n) is 5.38. The van der Waals surface area contributed by atoms with Gasteiger partial charge in [0.2, 0.25) is 5.91 Å². The molecule has 3 aromatic carbocycles. The zero-order valence-corrected chi connectivity index (χ0v) is 23.2. The Balaban J connectivity index is 1.35. The number of nitrogens with one attached hydrogen (secondary N) is 1. The number of amides is 2. The topological polar surface area (TPSA) is 62.3 Å². The van der Waals surface area contributed by atoms with E-state index in [0.717, 1.165) is 23.4 Å². The maximum atomic E-state index is 13.8. The third-order valence-electron chi connectivity index (χ3n) is 7.97. The summed E-state index contributed by atoms with van der Waals surface area (Å²) in [6, 6.07) is 20.2. The van der Waals surface area contributed by atoms with Crippen molar-refractivity contribution in [2.45, 2.75) is 37.4 Å². The van der Waals surface area contributed by atoms with Crippen LogP contribution in [-0.4, -0.2) is 34.8 Å². The van der Waals surface area contributed by atoms with Crippen molar-refractivity contribution in [1.29, 1.82) is 0 Å². The van der Waals surface area contributed by atoms with E-state index in [2.05, 4.69) is 10.3 Å². The maximum Gasteiger partial charge on any atom is 0.433 e. The van der Waals surface area contributed by atoms with Gasteiger partial charge >= 0.3 is 6.18 Å². The number of rotatable bonds is 6. The molecule has 1 aliphatic heterocycles. The molecule has 1 N–H and O–H groups in total. The van der Waals surface area contributed by atoms with Crippen LogP contribution in [0.15, 0.2) is 91.1 Å². The summed E-state index contributed by atoms with van der Waals surface area (Å²) in [5.41, 5.74) is 0.721. The Morgan fingerprint density at radius 3 is 1.86 bits per heavy atom. The Kier molecular flexibility index (Phi) is 8.30. The van der Waals surface area contributed by atoms with Crippen molar-refractivity contribution in [2.24, 2.45) is 0 Å². The second kappa shape index (κ2) is 11.9. The summed E-state index contributed by atoms with van der Waals surface area (Å²) in [4.78, 5) is 32.4. The molecule has 2 heterocycles. The Morgan fingerprint density at radius 2 is 1.35 bits per heavy atom. The van der Waals surface area contributed by atoms with Crippen LogP contribution in [0.1, 0.15) is 53.0 Å². The number of halogens is 5. The van der Waals surface area contributed by atoms with Gasteiger partial charge in [-0.25, -0.2) is 8.78 Å². The number of aromatic nitrogens is 1. The van der Waals surface area contributed by atoms with Gasteiger partial charge in [0, 0.05) is 24.8 Å². The van der Waals surface area contributed by atoms with Crippen molar-refractivity contribution < 1.29 is 31.5 Å². The number of pyridine rings is 1. The first-order chi connectivity index (χ1) is 20.5. The standard InChI is InChI=1S/C33H28F5N3O2/c1-21(22-6-11-27(34)12-7-22)40-31(43)32(26-10-15-29(39-20-26)33(36,37)38)16-18-41(19-17-32)30(42)25-4-2-23(3-5-25)24-8-13-28(35)14-9-24/h2-15,20-21H,16-19H2,1H3,(H,40,43)/t21-/m0/s1. The highest BCUT2D eigenvalue weighted by molar-refractivity contribution is 5.95. The first-order valence-electron chi connectivity index (χ1n) is 13.7. The van der Waals surface area contributed by atoms with Crippen molar-refractivity contribution >= 4 is 11.8 Å². The van der Waals surface area contributed by atoms with Crippen molar-refractivity contribution in [3.63, 3.8) is 0 Å². The molecule has 1 aliphatic rings. The normalized spacial score (nSPS) is 15.5. The summed E-state index contributed by atoms with van der Waals surface area (Å²) in [6.45, 7) is 2.09. The number of alkyl halides is 3. The first-order valence-corrected chi connectivity index (χ1v) is 13.7. The van der Waals surface area contributed by atoms with Crippen LogP contribution in [0.4, 0.5) is 22.0 Å². The number of hydrogen-bond acceptors (Lipinski definition) is 3. The van der Waals surface area contributed by atoms with Crippen LogP contribution in [0.3, 0.4) is 0 Å². The van der Waals surface area contributed by atoms with Crippen LogP contribution in [-0.2, 0) is 16.4 Å². The van der Waals surface area contributed by atoms with E-state index in [0.29, 0.717) is 16.7 Å². The smallest absolute Gasteiger partial charge is 0.349 e. The quantitative estimate of drug-likeness (QED) is 0.243. The van der Waals surface area contributed by atoms with E-state index in [-0.39, 0.29) is 37.7 Å². The van der Waals surface area contributed by atoms with Gasteiger partial charge in [0.15, 0.2) is 0 Å². The first kappa shape index (κ1) is 29.9. The molecule has 0 radical (unpaired) electrons. The van der Waals surface area contributed by atoms with Crippen LogP contribution < -0.4 is 5.32 Å². The molecule has 1 saturated heterocycles. The van der Waals surface area contributed by atoms with E-state index in [4.69, 9.17) is 0 Å². The van der Waals surface area contributed by atoms with E-state index < -0.39 is 35.1 Å². The Hall–Kier alpha value is -4.60. The molecule has 0 unspecified atom stereocenters. The summed E-state index contributed by atoms with van der Waals surface area (Å²) < 4.78 is 66.3. The van der Waals surface area contributed by atoms with Crippen LogP contribution in [0.25, 0.3) is 11.1 Å². The average Bonchev–Trinajstić information content (AvgIpc) is 3.01. The van der Waals surface area contributed by atoms with E-state index in [9.17, 15) is 31.5 Å². The molecule has 0 aliphatic carbocycles. The molecular formula is C33H28F5N3O2. The zero-order valence-electron chi connectivity index (χ0n) is 23.2. The minimum atomic E-state index is -4.63. The highest BCUT2D eigenvalue weighted by Crippen LogP contribution is 2.38. The molecule has 222 valence electrons. The van der Waals surface area contributed by atoms with Gasteiger partial charge in [-0.2, -0.15) is 13.2 Å². The van der Waals surface area contributed by atoms with Gasteiger partial charge in [-0.3, -0.25) is 14.6 Å². The van der Waals surface area contributed by atoms with Gasteiger partial charge in [-0.1, -0.05) is 42.5 Å². The van der Waals surface area contributed by atoms with E-state index in [1.165, 1.54) is 30.3 Å². The molecule has 1 aromatic heterocycles. The van der Waals surface area contributed by atoms with Gasteiger partial charge < -0.3 is 10.2 Å². The van der Waals surface area contributed by atoms with E-state index in [1.54, 1.807) is 60.4 Å². The summed E-state index contributed by atoms with van der Waals surface area (Å²) in [5.74, 6) is -1.43. The minimum Gasteiger partial charge on any atom is -0.349 e. The third-order valence-corrected chi connectivity index (χ3v) is 7.97. The number of piperidine rings is 1. The molecule has 0 saturated carbocycles. The summed E-state index contributed by atoms with van der Waals surface area (Å²) >= 11 is 0. The summed E-state index contributed by atoms with van der Waals surface area (Å²) in [7, 11) is 0. The minimum absolute atomic E-state index is 0.154. The SMILES string of the molecule is C[C@H](NC(=O)C1(c2ccc(C(F)(F)F)nc2)CCN(C(=O)c2ccc(-c3ccc(F)cc3)cc2)CC1)c1ccc(F)cc1. The highest BCUT2D eigenvalue weighted by atomic mass is 19.4. The van der Waals surface area contributed by atoms with Crippen molar-refractivity contribution in [3.05, 3.63) is 125 Å². The van der Waals surface area contributed by atoms with Gasteiger partial charge in [-0.05, 0) is 84.5 Å². The molecule has 5 nitrogen and oxygen atoms in total. The number of carbonyl (C=O) groups excluding carboxylic acids is 2. The van der Waals surface area contributed by atoms with Gasteiger partial charge in [0.25, 0.3) is 5.91 Å². The monoisotopic (exact) mass is 593 g/mol. The lowest BCUT2D eigenvalue weighted by molar-refractivity contribution is -0.141. The van der Waals surface area contributed by atoms with Crippen LogP contribution >= 0.6 is 0 Å². The number of likely N-dealkylation sites (tertiary alicyclic amines) is 1. The van der Waals surface area contributed by atoms with Crippen molar-refractivity contribution in [2.75, 3.05) is 13.1 Å². The molecule has 1 fully saturated rings. The summed E-state index contributed by atoms with van der Waals surface area (Å²) in [5, 5.41) is 2.93. The van der Waals surface area contributed by atoms with Crippen LogP contribution in [0, 0.1) is 11.6 Å². The molecule has 2 amide bonds. The molecule has 43 heavy (non-hydrogen) atoms. The van der Waals surface area contributed by atoms with Crippen LogP contribution in [0.5, 0.6) is 0 Å². The van der Waals surface area contributed by atoms with Gasteiger partial charge in [0.05, 0.1) is 11.5 Å². The highest BCUT2D eigenvalue weighted by Gasteiger charge is 2.45. The Bertz CT molecular complexity index is 1580. The van der Waals surface area contributed by atoms with E-state index >= 15 is 0 Å². The maximum absolute atomic E-state index is 13.8.